The minimum Gasteiger partial charge on any atom is -0.338 e. The van der Waals surface area contributed by atoms with Crippen LogP contribution in [0.25, 0.3) is 0 Å². The van der Waals surface area contributed by atoms with Crippen molar-refractivity contribution in [3.8, 4) is 0 Å². The van der Waals surface area contributed by atoms with Gasteiger partial charge in [-0.05, 0) is 56.4 Å². The lowest BCUT2D eigenvalue weighted by molar-refractivity contribution is -0.130. The van der Waals surface area contributed by atoms with E-state index >= 15 is 0 Å². The van der Waals surface area contributed by atoms with Crippen molar-refractivity contribution in [3.05, 3.63) is 83.0 Å². The highest BCUT2D eigenvalue weighted by atomic mass is 16.2. The van der Waals surface area contributed by atoms with Gasteiger partial charge in [-0.3, -0.25) is 9.79 Å². The molecule has 0 bridgehead atoms. The fourth-order valence-electron chi connectivity index (χ4n) is 3.19. The summed E-state index contributed by atoms with van der Waals surface area (Å²) in [5, 5.41) is 0. The van der Waals surface area contributed by atoms with Crippen molar-refractivity contribution in [3.63, 3.8) is 0 Å². The fourth-order valence-corrected chi connectivity index (χ4v) is 3.19. The van der Waals surface area contributed by atoms with Gasteiger partial charge in [0.15, 0.2) is 0 Å². The molecule has 0 aromatic heterocycles. The average Bonchev–Trinajstić information content (AvgIpc) is 2.79. The smallest absolute Gasteiger partial charge is 0.222 e. The van der Waals surface area contributed by atoms with Crippen LogP contribution in [0.1, 0.15) is 58.6 Å². The van der Waals surface area contributed by atoms with E-state index in [1.165, 1.54) is 16.7 Å². The molecule has 2 rings (SSSR count). The zero-order valence-corrected chi connectivity index (χ0v) is 21.0. The Labute approximate surface area is 191 Å². The summed E-state index contributed by atoms with van der Waals surface area (Å²) in [5.74, 6) is 0.204. The van der Waals surface area contributed by atoms with Gasteiger partial charge >= 0.3 is 0 Å². The molecule has 0 saturated carbocycles. The predicted octanol–water partition coefficient (Wildman–Crippen LogP) is 7.03. The summed E-state index contributed by atoms with van der Waals surface area (Å²) >= 11 is 0. The number of benzene rings is 1. The molecular formula is C28H42N2O. The third-order valence-corrected chi connectivity index (χ3v) is 5.13. The zero-order valence-electron chi connectivity index (χ0n) is 21.0. The minimum absolute atomic E-state index is 0.204. The molecule has 1 aliphatic rings. The molecule has 1 amide bonds. The molecule has 3 nitrogen and oxygen atoms in total. The number of hydrogen-bond acceptors (Lipinski definition) is 2. The molecule has 0 N–H and O–H groups in total. The third-order valence-electron chi connectivity index (χ3n) is 5.13. The van der Waals surface area contributed by atoms with Gasteiger partial charge < -0.3 is 4.90 Å². The number of aryl methyl sites for hydroxylation is 2. The van der Waals surface area contributed by atoms with Crippen LogP contribution in [-0.4, -0.2) is 36.7 Å². The van der Waals surface area contributed by atoms with Crippen LogP contribution in [0, 0.1) is 13.8 Å². The van der Waals surface area contributed by atoms with Gasteiger partial charge in [-0.25, -0.2) is 0 Å². The molecule has 0 atom stereocenters. The summed E-state index contributed by atoms with van der Waals surface area (Å²) in [6.07, 6.45) is 9.23. The molecule has 0 aliphatic carbocycles. The van der Waals surface area contributed by atoms with E-state index in [-0.39, 0.29) is 5.91 Å². The van der Waals surface area contributed by atoms with Gasteiger partial charge in [0.1, 0.15) is 0 Å². The summed E-state index contributed by atoms with van der Waals surface area (Å²) in [5.41, 5.74) is 7.21. The topological polar surface area (TPSA) is 32.7 Å². The van der Waals surface area contributed by atoms with E-state index in [0.29, 0.717) is 13.0 Å². The first-order valence-electron chi connectivity index (χ1n) is 11.3. The molecule has 3 heteroatoms. The summed E-state index contributed by atoms with van der Waals surface area (Å²) < 4.78 is 0. The SMILES string of the molecule is C=C/C=C(\C=C/C)C(=NC)C1=C(C)CCN(C(=O)CC)C1.CC.Cc1ccccc1C. The Morgan fingerprint density at radius 3 is 2.16 bits per heavy atom. The monoisotopic (exact) mass is 422 g/mol. The fraction of sp³-hybridized carbons (Fsp3) is 0.429. The first-order chi connectivity index (χ1) is 14.9. The largest absolute Gasteiger partial charge is 0.338 e. The normalized spacial score (nSPS) is 14.5. The van der Waals surface area contributed by atoms with Crippen molar-refractivity contribution >= 4 is 11.6 Å². The first kappa shape index (κ1) is 28.3. The van der Waals surface area contributed by atoms with E-state index in [1.54, 1.807) is 13.1 Å². The number of rotatable bonds is 5. The van der Waals surface area contributed by atoms with Crippen molar-refractivity contribution in [1.29, 1.82) is 0 Å². The van der Waals surface area contributed by atoms with Crippen LogP contribution in [0.5, 0.6) is 0 Å². The Balaban J connectivity index is 0.000000745. The maximum Gasteiger partial charge on any atom is 0.222 e. The highest BCUT2D eigenvalue weighted by Gasteiger charge is 2.23. The molecule has 31 heavy (non-hydrogen) atoms. The standard InChI is InChI=1S/C18H26N2O.C8H10.C2H6/c1-6-9-15(10-7-2)18(19-5)16-13-20(17(21)8-3)12-11-14(16)4;1-7-5-3-4-6-8(7)2;1-2/h6-7,9-10H,1,8,11-13H2,2-5H3;3-6H,1-2H3;1-2H3/b10-7-,15-9+,19-18?;;. The molecule has 0 fully saturated rings. The number of carbonyl (C=O) groups is 1. The Morgan fingerprint density at radius 2 is 1.74 bits per heavy atom. The van der Waals surface area contributed by atoms with Crippen LogP contribution < -0.4 is 0 Å². The van der Waals surface area contributed by atoms with Gasteiger partial charge in [0.05, 0.1) is 5.71 Å². The highest BCUT2D eigenvalue weighted by molar-refractivity contribution is 6.15. The molecule has 0 saturated heterocycles. The van der Waals surface area contributed by atoms with E-state index < -0.39 is 0 Å². The lowest BCUT2D eigenvalue weighted by atomic mass is 9.92. The van der Waals surface area contributed by atoms with Crippen LogP contribution in [0.15, 0.2) is 76.9 Å². The zero-order chi connectivity index (χ0) is 23.8. The van der Waals surface area contributed by atoms with E-state index in [0.717, 1.165) is 29.8 Å². The van der Waals surface area contributed by atoms with Gasteiger partial charge in [-0.1, -0.05) is 81.5 Å². The van der Waals surface area contributed by atoms with Gasteiger partial charge in [0, 0.05) is 26.6 Å². The van der Waals surface area contributed by atoms with Crippen molar-refractivity contribution in [1.82, 2.24) is 4.90 Å². The number of allylic oxidation sites excluding steroid dienone is 5. The van der Waals surface area contributed by atoms with E-state index in [9.17, 15) is 4.79 Å². The number of hydrogen-bond donors (Lipinski definition) is 0. The van der Waals surface area contributed by atoms with Crippen LogP contribution in [0.3, 0.4) is 0 Å². The van der Waals surface area contributed by atoms with Gasteiger partial charge in [-0.2, -0.15) is 0 Å². The second-order valence-electron chi connectivity index (χ2n) is 7.19. The van der Waals surface area contributed by atoms with E-state index in [4.69, 9.17) is 0 Å². The lowest BCUT2D eigenvalue weighted by Gasteiger charge is -2.30. The Morgan fingerprint density at radius 1 is 1.16 bits per heavy atom. The molecule has 0 unspecified atom stereocenters. The number of carbonyl (C=O) groups excluding carboxylic acids is 1. The van der Waals surface area contributed by atoms with Crippen LogP contribution in [0.4, 0.5) is 0 Å². The van der Waals surface area contributed by atoms with Gasteiger partial charge in [0.25, 0.3) is 0 Å². The summed E-state index contributed by atoms with van der Waals surface area (Å²) in [4.78, 5) is 18.4. The third kappa shape index (κ3) is 9.33. The molecule has 1 heterocycles. The summed E-state index contributed by atoms with van der Waals surface area (Å²) in [6.45, 7) is 19.5. The molecule has 1 aliphatic heterocycles. The second kappa shape index (κ2) is 16.1. The van der Waals surface area contributed by atoms with Crippen LogP contribution in [0.2, 0.25) is 0 Å². The molecule has 0 spiro atoms. The van der Waals surface area contributed by atoms with Crippen LogP contribution >= 0.6 is 0 Å². The minimum atomic E-state index is 0.204. The quantitative estimate of drug-likeness (QED) is 0.370. The maximum absolute atomic E-state index is 12.0. The molecule has 0 radical (unpaired) electrons. The lowest BCUT2D eigenvalue weighted by Crippen LogP contribution is -2.38. The van der Waals surface area contributed by atoms with Crippen molar-refractivity contribution < 1.29 is 4.79 Å². The Bertz CT molecular complexity index is 804. The second-order valence-corrected chi connectivity index (χ2v) is 7.19. The van der Waals surface area contributed by atoms with Gasteiger partial charge in [-0.15, -0.1) is 0 Å². The first-order valence-corrected chi connectivity index (χ1v) is 11.3. The summed E-state index contributed by atoms with van der Waals surface area (Å²) in [7, 11) is 1.80. The number of amides is 1. The molecule has 170 valence electrons. The van der Waals surface area contributed by atoms with E-state index in [1.807, 2.05) is 50.8 Å². The Kier molecular flexibility index (Phi) is 14.7. The average molecular weight is 423 g/mol. The summed E-state index contributed by atoms with van der Waals surface area (Å²) in [6, 6.07) is 8.36. The molecular weight excluding hydrogens is 380 g/mol. The molecule has 1 aromatic rings. The van der Waals surface area contributed by atoms with Gasteiger partial charge in [0.2, 0.25) is 5.91 Å². The highest BCUT2D eigenvalue weighted by Crippen LogP contribution is 2.23. The molecule has 1 aromatic carbocycles. The predicted molar refractivity (Wildman–Crippen MR) is 138 cm³/mol. The Hall–Kier alpha value is -2.68. The number of aliphatic imine (C=N–C) groups is 1. The number of nitrogens with zero attached hydrogens (tertiary/aromatic N) is 2. The van der Waals surface area contributed by atoms with Crippen LogP contribution in [-0.2, 0) is 4.79 Å². The van der Waals surface area contributed by atoms with E-state index in [2.05, 4.69) is 56.6 Å². The maximum atomic E-state index is 12.0. The van der Waals surface area contributed by atoms with Crippen molar-refractivity contribution in [2.45, 2.75) is 61.3 Å². The van der Waals surface area contributed by atoms with Crippen molar-refractivity contribution in [2.24, 2.45) is 4.99 Å². The van der Waals surface area contributed by atoms with Crippen molar-refractivity contribution in [2.75, 3.05) is 20.1 Å².